The molecule has 0 saturated carbocycles. The van der Waals surface area contributed by atoms with Gasteiger partial charge in [0.15, 0.2) is 0 Å². The summed E-state index contributed by atoms with van der Waals surface area (Å²) in [5.74, 6) is -0.226. The molecule has 7 heteroatoms. The van der Waals surface area contributed by atoms with Crippen LogP contribution in [0.15, 0.2) is 29.2 Å². The molecule has 1 aromatic carbocycles. The first-order chi connectivity index (χ1) is 9.92. The van der Waals surface area contributed by atoms with E-state index < -0.39 is 16.1 Å². The average molecular weight is 312 g/mol. The van der Waals surface area contributed by atoms with Crippen LogP contribution in [0.3, 0.4) is 0 Å². The number of amides is 1. The summed E-state index contributed by atoms with van der Waals surface area (Å²) in [6.45, 7) is 5.26. The van der Waals surface area contributed by atoms with Gasteiger partial charge >= 0.3 is 0 Å². The van der Waals surface area contributed by atoms with Gasteiger partial charge in [-0.1, -0.05) is 18.2 Å². The van der Waals surface area contributed by atoms with Crippen molar-refractivity contribution in [3.8, 4) is 0 Å². The van der Waals surface area contributed by atoms with E-state index in [0.29, 0.717) is 31.9 Å². The Morgan fingerprint density at radius 2 is 1.90 bits per heavy atom. The van der Waals surface area contributed by atoms with Crippen LogP contribution in [-0.4, -0.2) is 51.6 Å². The van der Waals surface area contributed by atoms with Crippen molar-refractivity contribution in [2.45, 2.75) is 24.8 Å². The van der Waals surface area contributed by atoms with E-state index in [4.69, 9.17) is 4.74 Å². The molecule has 1 aliphatic heterocycles. The standard InChI is InChI=1S/C14H20N2O4S/c1-11-5-3-4-6-13(11)21(18,19)15-12(2)14(17)16-7-9-20-10-8-16/h3-6,12,15H,7-10H2,1-2H3. The summed E-state index contributed by atoms with van der Waals surface area (Å²) < 4.78 is 32.3. The Hall–Kier alpha value is -1.44. The number of rotatable bonds is 4. The molecule has 0 aromatic heterocycles. The summed E-state index contributed by atoms with van der Waals surface area (Å²) in [6, 6.07) is 5.90. The number of ether oxygens (including phenoxy) is 1. The zero-order chi connectivity index (χ0) is 15.5. The van der Waals surface area contributed by atoms with Gasteiger partial charge in [0.05, 0.1) is 24.2 Å². The Morgan fingerprint density at radius 3 is 2.52 bits per heavy atom. The number of carbonyl (C=O) groups is 1. The highest BCUT2D eigenvalue weighted by atomic mass is 32.2. The molecule has 1 N–H and O–H groups in total. The minimum Gasteiger partial charge on any atom is -0.378 e. The fraction of sp³-hybridized carbons (Fsp3) is 0.500. The van der Waals surface area contributed by atoms with E-state index in [1.54, 1.807) is 36.9 Å². The third-order valence-corrected chi connectivity index (χ3v) is 5.11. The molecular weight excluding hydrogens is 292 g/mol. The van der Waals surface area contributed by atoms with Crippen LogP contribution in [-0.2, 0) is 19.6 Å². The Kier molecular flexibility index (Phi) is 4.97. The molecule has 116 valence electrons. The van der Waals surface area contributed by atoms with E-state index in [2.05, 4.69) is 4.72 Å². The van der Waals surface area contributed by atoms with Crippen molar-refractivity contribution < 1.29 is 17.9 Å². The van der Waals surface area contributed by atoms with Crippen LogP contribution >= 0.6 is 0 Å². The van der Waals surface area contributed by atoms with Crippen LogP contribution in [0.2, 0.25) is 0 Å². The van der Waals surface area contributed by atoms with Gasteiger partial charge < -0.3 is 9.64 Å². The van der Waals surface area contributed by atoms with Gasteiger partial charge in [-0.2, -0.15) is 4.72 Å². The zero-order valence-corrected chi connectivity index (χ0v) is 13.0. The van der Waals surface area contributed by atoms with Crippen molar-refractivity contribution in [3.63, 3.8) is 0 Å². The van der Waals surface area contributed by atoms with E-state index in [9.17, 15) is 13.2 Å². The maximum absolute atomic E-state index is 12.3. The number of benzene rings is 1. The lowest BCUT2D eigenvalue weighted by atomic mass is 10.2. The highest BCUT2D eigenvalue weighted by Crippen LogP contribution is 2.14. The second-order valence-electron chi connectivity index (χ2n) is 5.05. The molecule has 1 saturated heterocycles. The number of sulfonamides is 1. The summed E-state index contributed by atoms with van der Waals surface area (Å²) in [6.07, 6.45) is 0. The highest BCUT2D eigenvalue weighted by Gasteiger charge is 2.27. The van der Waals surface area contributed by atoms with Crippen LogP contribution in [0.1, 0.15) is 12.5 Å². The maximum Gasteiger partial charge on any atom is 0.241 e. The number of hydrogen-bond acceptors (Lipinski definition) is 4. The van der Waals surface area contributed by atoms with Crippen LogP contribution in [0.5, 0.6) is 0 Å². The third kappa shape index (κ3) is 3.81. The lowest BCUT2D eigenvalue weighted by Gasteiger charge is -2.29. The monoisotopic (exact) mass is 312 g/mol. The molecule has 1 unspecified atom stereocenters. The van der Waals surface area contributed by atoms with E-state index in [0.717, 1.165) is 0 Å². The molecule has 6 nitrogen and oxygen atoms in total. The number of aryl methyl sites for hydroxylation is 1. The van der Waals surface area contributed by atoms with Gasteiger partial charge in [-0.25, -0.2) is 8.42 Å². The lowest BCUT2D eigenvalue weighted by molar-refractivity contribution is -0.136. The molecule has 2 rings (SSSR count). The predicted molar refractivity (Wildman–Crippen MR) is 78.4 cm³/mol. The fourth-order valence-corrected chi connectivity index (χ4v) is 3.71. The molecule has 1 amide bonds. The molecule has 1 fully saturated rings. The minimum absolute atomic E-state index is 0.201. The van der Waals surface area contributed by atoms with Gasteiger partial charge in [-0.05, 0) is 25.5 Å². The number of carbonyl (C=O) groups excluding carboxylic acids is 1. The van der Waals surface area contributed by atoms with Crippen molar-refractivity contribution in [3.05, 3.63) is 29.8 Å². The van der Waals surface area contributed by atoms with E-state index in [1.165, 1.54) is 6.07 Å². The first kappa shape index (κ1) is 15.9. The normalized spacial score (nSPS) is 17.5. The van der Waals surface area contributed by atoms with Crippen LogP contribution in [0.25, 0.3) is 0 Å². The van der Waals surface area contributed by atoms with Gasteiger partial charge in [0.25, 0.3) is 0 Å². The third-order valence-electron chi connectivity index (χ3n) is 3.41. The number of nitrogens with one attached hydrogen (secondary N) is 1. The van der Waals surface area contributed by atoms with Crippen molar-refractivity contribution >= 4 is 15.9 Å². The topological polar surface area (TPSA) is 75.7 Å². The smallest absolute Gasteiger partial charge is 0.241 e. The molecule has 0 radical (unpaired) electrons. The predicted octanol–water partition coefficient (Wildman–Crippen LogP) is 0.521. The summed E-state index contributed by atoms with van der Waals surface area (Å²) in [5, 5.41) is 0. The summed E-state index contributed by atoms with van der Waals surface area (Å²) >= 11 is 0. The second-order valence-corrected chi connectivity index (χ2v) is 6.73. The number of nitrogens with zero attached hydrogens (tertiary/aromatic N) is 1. The molecule has 0 bridgehead atoms. The summed E-state index contributed by atoms with van der Waals surface area (Å²) in [7, 11) is -3.70. The number of morpholine rings is 1. The fourth-order valence-electron chi connectivity index (χ4n) is 2.26. The quantitative estimate of drug-likeness (QED) is 0.879. The molecule has 21 heavy (non-hydrogen) atoms. The Morgan fingerprint density at radius 1 is 1.29 bits per heavy atom. The molecular formula is C14H20N2O4S. The minimum atomic E-state index is -3.70. The van der Waals surface area contributed by atoms with Gasteiger partial charge in [-0.3, -0.25) is 4.79 Å². The Bertz CT molecular complexity index is 609. The Balaban J connectivity index is 2.09. The first-order valence-electron chi connectivity index (χ1n) is 6.86. The van der Waals surface area contributed by atoms with Crippen molar-refractivity contribution in [1.82, 2.24) is 9.62 Å². The van der Waals surface area contributed by atoms with E-state index in [1.807, 2.05) is 0 Å². The van der Waals surface area contributed by atoms with Crippen LogP contribution < -0.4 is 4.72 Å². The van der Waals surface area contributed by atoms with Crippen LogP contribution in [0, 0.1) is 6.92 Å². The molecule has 1 aromatic rings. The average Bonchev–Trinajstić information content (AvgIpc) is 2.47. The molecule has 1 aliphatic rings. The highest BCUT2D eigenvalue weighted by molar-refractivity contribution is 7.89. The molecule has 0 spiro atoms. The second kappa shape index (κ2) is 6.55. The SMILES string of the molecule is Cc1ccccc1S(=O)(=O)NC(C)C(=O)N1CCOCC1. The van der Waals surface area contributed by atoms with Gasteiger partial charge in [0.2, 0.25) is 15.9 Å². The lowest BCUT2D eigenvalue weighted by Crippen LogP contribution is -2.50. The van der Waals surface area contributed by atoms with Gasteiger partial charge in [-0.15, -0.1) is 0 Å². The van der Waals surface area contributed by atoms with Crippen molar-refractivity contribution in [1.29, 1.82) is 0 Å². The summed E-state index contributed by atoms with van der Waals surface area (Å²) in [4.78, 5) is 14.1. The maximum atomic E-state index is 12.3. The first-order valence-corrected chi connectivity index (χ1v) is 8.34. The molecule has 0 aliphatic carbocycles. The molecule has 1 atom stereocenters. The molecule has 1 heterocycles. The zero-order valence-electron chi connectivity index (χ0n) is 12.2. The Labute approximate surface area is 125 Å². The van der Waals surface area contributed by atoms with Gasteiger partial charge in [0, 0.05) is 13.1 Å². The van der Waals surface area contributed by atoms with Crippen molar-refractivity contribution in [2.24, 2.45) is 0 Å². The van der Waals surface area contributed by atoms with Gasteiger partial charge in [0.1, 0.15) is 0 Å². The van der Waals surface area contributed by atoms with Crippen LogP contribution in [0.4, 0.5) is 0 Å². The summed E-state index contributed by atoms with van der Waals surface area (Å²) in [5.41, 5.74) is 0.649. The number of hydrogen-bond donors (Lipinski definition) is 1. The van der Waals surface area contributed by atoms with E-state index in [-0.39, 0.29) is 10.8 Å². The van der Waals surface area contributed by atoms with E-state index >= 15 is 0 Å². The largest absolute Gasteiger partial charge is 0.378 e. The van der Waals surface area contributed by atoms with Crippen molar-refractivity contribution in [2.75, 3.05) is 26.3 Å².